The highest BCUT2D eigenvalue weighted by molar-refractivity contribution is 5.45. The van der Waals surface area contributed by atoms with Crippen molar-refractivity contribution in [2.75, 3.05) is 24.6 Å². The van der Waals surface area contributed by atoms with Crippen molar-refractivity contribution < 1.29 is 10.2 Å². The number of nitrogens with zero attached hydrogens (tertiary/aromatic N) is 2. The summed E-state index contributed by atoms with van der Waals surface area (Å²) in [5.74, 6) is 0.455. The van der Waals surface area contributed by atoms with E-state index in [0.717, 1.165) is 31.6 Å². The van der Waals surface area contributed by atoms with Gasteiger partial charge in [-0.2, -0.15) is 0 Å². The lowest BCUT2D eigenvalue weighted by molar-refractivity contribution is 0.194. The quantitative estimate of drug-likeness (QED) is 0.831. The van der Waals surface area contributed by atoms with Gasteiger partial charge in [0.1, 0.15) is 0 Å². The van der Waals surface area contributed by atoms with Gasteiger partial charge in [0, 0.05) is 19.7 Å². The first kappa shape index (κ1) is 12.3. The minimum atomic E-state index is -0.510. The Kier molecular flexibility index (Phi) is 3.97. The van der Waals surface area contributed by atoms with Gasteiger partial charge >= 0.3 is 0 Å². The second-order valence-electron chi connectivity index (χ2n) is 4.73. The summed E-state index contributed by atoms with van der Waals surface area (Å²) >= 11 is 0. The summed E-state index contributed by atoms with van der Waals surface area (Å²) < 4.78 is 0. The molecule has 2 N–H and O–H groups in total. The van der Waals surface area contributed by atoms with E-state index in [9.17, 15) is 5.11 Å². The monoisotopic (exact) mass is 236 g/mol. The average Bonchev–Trinajstić information content (AvgIpc) is 2.39. The number of aromatic nitrogens is 1. The zero-order valence-corrected chi connectivity index (χ0v) is 10.2. The Morgan fingerprint density at radius 1 is 1.41 bits per heavy atom. The summed E-state index contributed by atoms with van der Waals surface area (Å²) in [5.41, 5.74) is 1.81. The normalized spacial score (nSPS) is 19.4. The minimum Gasteiger partial charge on any atom is -0.396 e. The SMILES string of the molecule is C[C@@H](O)c1ccc(N2CCC(CO)CC2)cn1. The van der Waals surface area contributed by atoms with Crippen LogP contribution in [0.25, 0.3) is 0 Å². The molecular formula is C13H20N2O2. The van der Waals surface area contributed by atoms with Crippen LogP contribution >= 0.6 is 0 Å². The fourth-order valence-corrected chi connectivity index (χ4v) is 2.21. The molecule has 0 bridgehead atoms. The first-order valence-electron chi connectivity index (χ1n) is 6.20. The number of piperidine rings is 1. The Bertz CT molecular complexity index is 343. The smallest absolute Gasteiger partial charge is 0.0931 e. The summed E-state index contributed by atoms with van der Waals surface area (Å²) in [6, 6.07) is 3.88. The zero-order valence-electron chi connectivity index (χ0n) is 10.2. The van der Waals surface area contributed by atoms with E-state index in [-0.39, 0.29) is 0 Å². The van der Waals surface area contributed by atoms with Gasteiger partial charge in [-0.3, -0.25) is 4.98 Å². The number of aliphatic hydroxyl groups is 2. The molecule has 2 rings (SSSR count). The highest BCUT2D eigenvalue weighted by Gasteiger charge is 2.18. The standard InChI is InChI=1S/C13H20N2O2/c1-10(17)13-3-2-12(8-14-13)15-6-4-11(9-16)5-7-15/h2-3,8,10-11,16-17H,4-7,9H2,1H3/t10-/m1/s1. The third-order valence-corrected chi connectivity index (χ3v) is 3.44. The molecule has 1 aromatic heterocycles. The summed E-state index contributed by atoms with van der Waals surface area (Å²) in [4.78, 5) is 6.53. The maximum atomic E-state index is 9.39. The number of hydrogen-bond donors (Lipinski definition) is 2. The van der Waals surface area contributed by atoms with Crippen LogP contribution in [-0.4, -0.2) is 34.9 Å². The first-order valence-corrected chi connectivity index (χ1v) is 6.20. The Morgan fingerprint density at radius 2 is 2.12 bits per heavy atom. The summed E-state index contributed by atoms with van der Waals surface area (Å²) in [7, 11) is 0. The molecular weight excluding hydrogens is 216 g/mol. The van der Waals surface area contributed by atoms with Crippen LogP contribution in [0.2, 0.25) is 0 Å². The molecule has 0 aliphatic carbocycles. The number of aliphatic hydroxyl groups excluding tert-OH is 2. The summed E-state index contributed by atoms with van der Waals surface area (Å²) in [6.45, 7) is 3.96. The predicted octanol–water partition coefficient (Wildman–Crippen LogP) is 1.34. The van der Waals surface area contributed by atoms with Crippen molar-refractivity contribution in [2.24, 2.45) is 5.92 Å². The molecule has 0 amide bonds. The highest BCUT2D eigenvalue weighted by Crippen LogP contribution is 2.23. The topological polar surface area (TPSA) is 56.6 Å². The van der Waals surface area contributed by atoms with Crippen molar-refractivity contribution >= 4 is 5.69 Å². The number of rotatable bonds is 3. The van der Waals surface area contributed by atoms with E-state index in [1.54, 1.807) is 6.92 Å². The van der Waals surface area contributed by atoms with Gasteiger partial charge in [0.15, 0.2) is 0 Å². The van der Waals surface area contributed by atoms with E-state index >= 15 is 0 Å². The molecule has 0 spiro atoms. The summed E-state index contributed by atoms with van der Waals surface area (Å²) in [6.07, 6.45) is 3.38. The van der Waals surface area contributed by atoms with E-state index in [1.807, 2.05) is 18.3 Å². The summed E-state index contributed by atoms with van der Waals surface area (Å²) in [5, 5.41) is 18.5. The van der Waals surface area contributed by atoms with Crippen LogP contribution in [0.4, 0.5) is 5.69 Å². The molecule has 4 heteroatoms. The zero-order chi connectivity index (χ0) is 12.3. The molecule has 4 nitrogen and oxygen atoms in total. The Hall–Kier alpha value is -1.13. The molecule has 94 valence electrons. The van der Waals surface area contributed by atoms with Gasteiger partial charge in [-0.05, 0) is 37.8 Å². The van der Waals surface area contributed by atoms with Crippen LogP contribution in [0.1, 0.15) is 31.6 Å². The lowest BCUT2D eigenvalue weighted by atomic mass is 9.97. The van der Waals surface area contributed by atoms with Gasteiger partial charge < -0.3 is 15.1 Å². The number of pyridine rings is 1. The highest BCUT2D eigenvalue weighted by atomic mass is 16.3. The van der Waals surface area contributed by atoms with Crippen molar-refractivity contribution in [1.29, 1.82) is 0 Å². The van der Waals surface area contributed by atoms with Gasteiger partial charge in [-0.15, -0.1) is 0 Å². The van der Waals surface area contributed by atoms with Crippen LogP contribution in [0, 0.1) is 5.92 Å². The van der Waals surface area contributed by atoms with Gasteiger partial charge in [0.25, 0.3) is 0 Å². The second kappa shape index (κ2) is 5.47. The van der Waals surface area contributed by atoms with E-state index in [2.05, 4.69) is 9.88 Å². The van der Waals surface area contributed by atoms with Crippen molar-refractivity contribution in [2.45, 2.75) is 25.9 Å². The lowest BCUT2D eigenvalue weighted by Gasteiger charge is -2.32. The molecule has 0 unspecified atom stereocenters. The average molecular weight is 236 g/mol. The van der Waals surface area contributed by atoms with Gasteiger partial charge in [0.05, 0.1) is 23.7 Å². The van der Waals surface area contributed by atoms with Crippen molar-refractivity contribution in [3.8, 4) is 0 Å². The third-order valence-electron chi connectivity index (χ3n) is 3.44. The molecule has 0 saturated carbocycles. The number of hydrogen-bond acceptors (Lipinski definition) is 4. The van der Waals surface area contributed by atoms with Gasteiger partial charge in [0.2, 0.25) is 0 Å². The minimum absolute atomic E-state index is 0.299. The van der Waals surface area contributed by atoms with E-state index < -0.39 is 6.10 Å². The largest absolute Gasteiger partial charge is 0.396 e. The molecule has 1 atom stereocenters. The molecule has 1 saturated heterocycles. The van der Waals surface area contributed by atoms with Crippen LogP contribution in [0.15, 0.2) is 18.3 Å². The third kappa shape index (κ3) is 2.96. The Balaban J connectivity index is 1.99. The van der Waals surface area contributed by atoms with Gasteiger partial charge in [-0.1, -0.05) is 0 Å². The molecule has 1 aliphatic rings. The lowest BCUT2D eigenvalue weighted by Crippen LogP contribution is -2.34. The fourth-order valence-electron chi connectivity index (χ4n) is 2.21. The van der Waals surface area contributed by atoms with E-state index in [0.29, 0.717) is 18.2 Å². The molecule has 2 heterocycles. The van der Waals surface area contributed by atoms with Gasteiger partial charge in [-0.25, -0.2) is 0 Å². The predicted molar refractivity (Wildman–Crippen MR) is 66.9 cm³/mol. The molecule has 1 fully saturated rings. The molecule has 0 aromatic carbocycles. The van der Waals surface area contributed by atoms with Crippen molar-refractivity contribution in [3.05, 3.63) is 24.0 Å². The Labute approximate surface area is 102 Å². The molecule has 1 aliphatic heterocycles. The van der Waals surface area contributed by atoms with E-state index in [4.69, 9.17) is 5.11 Å². The van der Waals surface area contributed by atoms with Crippen LogP contribution < -0.4 is 4.90 Å². The van der Waals surface area contributed by atoms with Crippen LogP contribution in [0.5, 0.6) is 0 Å². The maximum absolute atomic E-state index is 9.39. The first-order chi connectivity index (χ1) is 8.20. The van der Waals surface area contributed by atoms with Crippen molar-refractivity contribution in [3.63, 3.8) is 0 Å². The number of anilines is 1. The maximum Gasteiger partial charge on any atom is 0.0931 e. The second-order valence-corrected chi connectivity index (χ2v) is 4.73. The molecule has 17 heavy (non-hydrogen) atoms. The molecule has 1 aromatic rings. The molecule has 0 radical (unpaired) electrons. The Morgan fingerprint density at radius 3 is 2.59 bits per heavy atom. The van der Waals surface area contributed by atoms with E-state index in [1.165, 1.54) is 0 Å². The van der Waals surface area contributed by atoms with Crippen molar-refractivity contribution in [1.82, 2.24) is 4.98 Å². The van der Waals surface area contributed by atoms with Crippen LogP contribution in [0.3, 0.4) is 0 Å². The van der Waals surface area contributed by atoms with Crippen LogP contribution in [-0.2, 0) is 0 Å². The fraction of sp³-hybridized carbons (Fsp3) is 0.615.